The topological polar surface area (TPSA) is 29.5 Å². The van der Waals surface area contributed by atoms with Crippen molar-refractivity contribution in [2.45, 2.75) is 38.1 Å². The van der Waals surface area contributed by atoms with Gasteiger partial charge in [-0.05, 0) is 62.4 Å². The van der Waals surface area contributed by atoms with E-state index in [9.17, 15) is 4.79 Å². The third-order valence-electron chi connectivity index (χ3n) is 7.54. The predicted octanol–water partition coefficient (Wildman–Crippen LogP) is 5.59. The summed E-state index contributed by atoms with van der Waals surface area (Å²) >= 11 is 0. The lowest BCUT2D eigenvalue weighted by atomic mass is 9.64. The monoisotopic (exact) mass is 425 g/mol. The smallest absolute Gasteiger partial charge is 0.174 e. The van der Waals surface area contributed by atoms with Crippen LogP contribution in [0.15, 0.2) is 72.8 Å². The second kappa shape index (κ2) is 8.55. The van der Waals surface area contributed by atoms with Crippen LogP contribution in [0.5, 0.6) is 5.75 Å². The first kappa shape index (κ1) is 21.0. The molecule has 1 saturated heterocycles. The van der Waals surface area contributed by atoms with E-state index in [0.717, 1.165) is 50.2 Å². The molecule has 1 atom stereocenters. The van der Waals surface area contributed by atoms with Crippen molar-refractivity contribution in [1.82, 2.24) is 4.90 Å². The second-order valence-electron chi connectivity index (χ2n) is 9.37. The van der Waals surface area contributed by atoms with E-state index >= 15 is 0 Å². The van der Waals surface area contributed by atoms with E-state index in [1.54, 1.807) is 7.11 Å². The molecule has 0 radical (unpaired) electrons. The minimum absolute atomic E-state index is 0.321. The van der Waals surface area contributed by atoms with E-state index < -0.39 is 5.41 Å². The Balaban J connectivity index is 1.42. The Hall–Kier alpha value is -2.91. The molecule has 3 aromatic carbocycles. The first-order valence-electron chi connectivity index (χ1n) is 11.7. The maximum Gasteiger partial charge on any atom is 0.174 e. The molecule has 0 spiro atoms. The Kier molecular flexibility index (Phi) is 5.60. The first-order valence-corrected chi connectivity index (χ1v) is 11.7. The molecular weight excluding hydrogens is 394 g/mol. The number of hydrogen-bond donors (Lipinski definition) is 0. The molecule has 0 amide bonds. The van der Waals surface area contributed by atoms with Gasteiger partial charge in [0.05, 0.1) is 12.5 Å². The minimum atomic E-state index is -0.438. The third-order valence-corrected chi connectivity index (χ3v) is 7.54. The lowest BCUT2D eigenvalue weighted by Crippen LogP contribution is -2.47. The third kappa shape index (κ3) is 3.55. The number of piperidine rings is 1. The number of benzene rings is 3. The van der Waals surface area contributed by atoms with Gasteiger partial charge in [0.15, 0.2) is 5.78 Å². The molecule has 0 N–H and O–H groups in total. The van der Waals surface area contributed by atoms with E-state index in [4.69, 9.17) is 4.74 Å². The molecule has 164 valence electrons. The number of rotatable bonds is 5. The van der Waals surface area contributed by atoms with Crippen LogP contribution in [-0.2, 0) is 18.4 Å². The molecule has 1 unspecified atom stereocenters. The Bertz CT molecular complexity index is 1130. The van der Waals surface area contributed by atoms with Gasteiger partial charge in [-0.1, -0.05) is 72.3 Å². The number of methoxy groups -OCH3 is 1. The van der Waals surface area contributed by atoms with Gasteiger partial charge in [-0.3, -0.25) is 9.69 Å². The lowest BCUT2D eigenvalue weighted by molar-refractivity contribution is 0.0734. The number of ketones is 1. The van der Waals surface area contributed by atoms with Gasteiger partial charge < -0.3 is 4.74 Å². The van der Waals surface area contributed by atoms with Crippen molar-refractivity contribution < 1.29 is 9.53 Å². The number of carbonyl (C=O) groups excluding carboxylic acids is 1. The van der Waals surface area contributed by atoms with Crippen molar-refractivity contribution in [2.24, 2.45) is 5.92 Å². The summed E-state index contributed by atoms with van der Waals surface area (Å²) < 4.78 is 5.55. The second-order valence-corrected chi connectivity index (χ2v) is 9.37. The van der Waals surface area contributed by atoms with Crippen molar-refractivity contribution in [3.63, 3.8) is 0 Å². The average Bonchev–Trinajstić information content (AvgIpc) is 3.13. The van der Waals surface area contributed by atoms with E-state index in [1.807, 2.05) is 24.3 Å². The Labute approximate surface area is 191 Å². The first-order chi connectivity index (χ1) is 15.6. The summed E-state index contributed by atoms with van der Waals surface area (Å²) in [4.78, 5) is 16.5. The molecule has 0 aromatic heterocycles. The number of likely N-dealkylation sites (tertiary alicyclic amines) is 1. The largest absolute Gasteiger partial charge is 0.496 e. The van der Waals surface area contributed by atoms with E-state index in [0.29, 0.717) is 11.7 Å². The van der Waals surface area contributed by atoms with E-state index in [2.05, 4.69) is 60.4 Å². The summed E-state index contributed by atoms with van der Waals surface area (Å²) in [5.41, 5.74) is 5.33. The predicted molar refractivity (Wildman–Crippen MR) is 128 cm³/mol. The van der Waals surface area contributed by atoms with Crippen LogP contribution in [-0.4, -0.2) is 30.9 Å². The Morgan fingerprint density at radius 3 is 2.47 bits per heavy atom. The number of para-hydroxylation sites is 1. The van der Waals surface area contributed by atoms with Gasteiger partial charge in [-0.2, -0.15) is 0 Å². The van der Waals surface area contributed by atoms with Crippen molar-refractivity contribution >= 4 is 5.78 Å². The molecule has 2 aliphatic rings. The molecule has 1 fully saturated rings. The Morgan fingerprint density at radius 1 is 0.969 bits per heavy atom. The molecular formula is C29H31NO2. The standard InChI is InChI=1S/C29H31NO2/c1-21-8-7-11-25(18-21)29(19-22-9-3-5-12-26(22)28(29)31)24-14-16-30(17-15-24)20-23-10-4-6-13-27(23)32-2/h3-13,18,24H,14-17,19-20H2,1-2H3. The number of fused-ring (bicyclic) bond motifs is 1. The summed E-state index contributed by atoms with van der Waals surface area (Å²) in [6, 6.07) is 25.2. The molecule has 0 saturated carbocycles. The van der Waals surface area contributed by atoms with Crippen LogP contribution in [0.2, 0.25) is 0 Å². The number of carbonyl (C=O) groups is 1. The van der Waals surface area contributed by atoms with Crippen molar-refractivity contribution in [3.8, 4) is 5.75 Å². The molecule has 3 nitrogen and oxygen atoms in total. The molecule has 1 heterocycles. The van der Waals surface area contributed by atoms with Gasteiger partial charge in [0.1, 0.15) is 5.75 Å². The van der Waals surface area contributed by atoms with Gasteiger partial charge in [-0.25, -0.2) is 0 Å². The Morgan fingerprint density at radius 2 is 1.72 bits per heavy atom. The quantitative estimate of drug-likeness (QED) is 0.533. The highest BCUT2D eigenvalue weighted by Crippen LogP contribution is 2.48. The molecule has 1 aliphatic heterocycles. The average molecular weight is 426 g/mol. The zero-order valence-electron chi connectivity index (χ0n) is 19.0. The number of nitrogens with zero attached hydrogens (tertiary/aromatic N) is 1. The van der Waals surface area contributed by atoms with Crippen molar-refractivity contribution in [1.29, 1.82) is 0 Å². The molecule has 5 rings (SSSR count). The highest BCUT2D eigenvalue weighted by atomic mass is 16.5. The van der Waals surface area contributed by atoms with Crippen LogP contribution in [0.1, 0.15) is 45.5 Å². The fourth-order valence-corrected chi connectivity index (χ4v) is 5.90. The van der Waals surface area contributed by atoms with Gasteiger partial charge in [0.2, 0.25) is 0 Å². The van der Waals surface area contributed by atoms with Crippen LogP contribution in [0.25, 0.3) is 0 Å². The van der Waals surface area contributed by atoms with Gasteiger partial charge >= 0.3 is 0 Å². The zero-order valence-corrected chi connectivity index (χ0v) is 19.0. The fourth-order valence-electron chi connectivity index (χ4n) is 5.90. The van der Waals surface area contributed by atoms with Gasteiger partial charge in [0.25, 0.3) is 0 Å². The molecule has 3 aromatic rings. The van der Waals surface area contributed by atoms with Crippen LogP contribution in [0.4, 0.5) is 0 Å². The molecule has 1 aliphatic carbocycles. The number of ether oxygens (including phenoxy) is 1. The van der Waals surface area contributed by atoms with Crippen molar-refractivity contribution in [3.05, 3.63) is 101 Å². The number of aryl methyl sites for hydroxylation is 1. The zero-order chi connectivity index (χ0) is 22.1. The summed E-state index contributed by atoms with van der Waals surface area (Å²) in [7, 11) is 1.74. The number of Topliss-reactive ketones (excluding diaryl/α,β-unsaturated/α-hetero) is 1. The van der Waals surface area contributed by atoms with Gasteiger partial charge in [0, 0.05) is 17.7 Å². The van der Waals surface area contributed by atoms with Crippen LogP contribution < -0.4 is 4.74 Å². The summed E-state index contributed by atoms with van der Waals surface area (Å²) in [5, 5.41) is 0. The summed E-state index contributed by atoms with van der Waals surface area (Å²) in [6.45, 7) is 5.02. The lowest BCUT2D eigenvalue weighted by Gasteiger charge is -2.42. The van der Waals surface area contributed by atoms with Crippen LogP contribution in [0, 0.1) is 12.8 Å². The summed E-state index contributed by atoms with van der Waals surface area (Å²) in [5.74, 6) is 1.62. The number of hydrogen-bond acceptors (Lipinski definition) is 3. The SMILES string of the molecule is COc1ccccc1CN1CCC(C2(c3cccc(C)c3)Cc3ccccc3C2=O)CC1. The maximum absolute atomic E-state index is 14.0. The fraction of sp³-hybridized carbons (Fsp3) is 0.345. The van der Waals surface area contributed by atoms with E-state index in [-0.39, 0.29) is 0 Å². The molecule has 0 bridgehead atoms. The normalized spacial score (nSPS) is 21.5. The van der Waals surface area contributed by atoms with Crippen LogP contribution in [0.3, 0.4) is 0 Å². The maximum atomic E-state index is 14.0. The minimum Gasteiger partial charge on any atom is -0.496 e. The van der Waals surface area contributed by atoms with Crippen molar-refractivity contribution in [2.75, 3.05) is 20.2 Å². The highest BCUT2D eigenvalue weighted by molar-refractivity contribution is 6.08. The van der Waals surface area contributed by atoms with Gasteiger partial charge in [-0.15, -0.1) is 0 Å². The molecule has 32 heavy (non-hydrogen) atoms. The van der Waals surface area contributed by atoms with Crippen LogP contribution >= 0.6 is 0 Å². The summed E-state index contributed by atoms with van der Waals surface area (Å²) in [6.07, 6.45) is 2.88. The highest BCUT2D eigenvalue weighted by Gasteiger charge is 2.52. The molecule has 3 heteroatoms. The van der Waals surface area contributed by atoms with E-state index in [1.165, 1.54) is 22.3 Å².